The van der Waals surface area contributed by atoms with Crippen LogP contribution in [0.3, 0.4) is 0 Å². The van der Waals surface area contributed by atoms with Gasteiger partial charge in [-0.15, -0.1) is 0 Å². The van der Waals surface area contributed by atoms with Gasteiger partial charge in [0.05, 0.1) is 18.1 Å². The number of nitrogens with one attached hydrogen (secondary N) is 1. The van der Waals surface area contributed by atoms with Gasteiger partial charge in [0, 0.05) is 50.2 Å². The molecular weight excluding hydrogens is 348 g/mol. The lowest BCUT2D eigenvalue weighted by Crippen LogP contribution is -2.37. The van der Waals surface area contributed by atoms with E-state index >= 15 is 0 Å². The Morgan fingerprint density at radius 2 is 1.96 bits per heavy atom. The number of benzene rings is 2. The largest absolute Gasteiger partial charge is 0.378 e. The predicted molar refractivity (Wildman–Crippen MR) is 103 cm³/mol. The Balaban J connectivity index is 1.68. The van der Waals surface area contributed by atoms with Crippen LogP contribution in [0.1, 0.15) is 5.56 Å². The summed E-state index contributed by atoms with van der Waals surface area (Å²) in [7, 11) is 1.70. The van der Waals surface area contributed by atoms with E-state index in [0.717, 1.165) is 24.3 Å². The summed E-state index contributed by atoms with van der Waals surface area (Å²) in [4.78, 5) is 26.7. The van der Waals surface area contributed by atoms with Gasteiger partial charge in [0.2, 0.25) is 0 Å². The smallest absolute Gasteiger partial charge is 0.321 e. The van der Waals surface area contributed by atoms with Crippen molar-refractivity contribution in [3.05, 3.63) is 64.2 Å². The predicted octanol–water partition coefficient (Wildman–Crippen LogP) is 3.10. The molecule has 1 heterocycles. The topological polar surface area (TPSA) is 88.0 Å². The first-order valence-electron chi connectivity index (χ1n) is 8.72. The lowest BCUT2D eigenvalue weighted by Gasteiger charge is -2.31. The number of carbonyl (C=O) groups is 1. The molecule has 3 rings (SSSR count). The van der Waals surface area contributed by atoms with Crippen LogP contribution in [0, 0.1) is 10.1 Å². The van der Waals surface area contributed by atoms with Gasteiger partial charge in [0.15, 0.2) is 0 Å². The van der Waals surface area contributed by atoms with Crippen LogP contribution in [0.5, 0.6) is 0 Å². The number of hydrogen-bond acceptors (Lipinski definition) is 5. The molecule has 8 heteroatoms. The molecule has 2 amide bonds. The molecule has 0 aliphatic carbocycles. The highest BCUT2D eigenvalue weighted by Gasteiger charge is 2.17. The van der Waals surface area contributed by atoms with Crippen molar-refractivity contribution < 1.29 is 14.5 Å². The van der Waals surface area contributed by atoms with Crippen LogP contribution in [-0.4, -0.2) is 49.2 Å². The Hall–Kier alpha value is -3.13. The van der Waals surface area contributed by atoms with Crippen LogP contribution in [0.15, 0.2) is 48.5 Å². The zero-order valence-corrected chi connectivity index (χ0v) is 15.1. The van der Waals surface area contributed by atoms with Crippen LogP contribution in [0.2, 0.25) is 0 Å². The summed E-state index contributed by atoms with van der Waals surface area (Å²) in [6.07, 6.45) is 0. The number of morpholine rings is 1. The van der Waals surface area contributed by atoms with Crippen molar-refractivity contribution in [2.75, 3.05) is 43.6 Å². The minimum absolute atomic E-state index is 0.0619. The molecule has 27 heavy (non-hydrogen) atoms. The number of nitro groups is 1. The van der Waals surface area contributed by atoms with Gasteiger partial charge >= 0.3 is 6.03 Å². The highest BCUT2D eigenvalue weighted by Crippen LogP contribution is 2.23. The number of para-hydroxylation sites is 1. The fourth-order valence-electron chi connectivity index (χ4n) is 3.00. The zero-order chi connectivity index (χ0) is 19.2. The molecule has 0 radical (unpaired) electrons. The first kappa shape index (κ1) is 18.7. The average molecular weight is 370 g/mol. The third-order valence-electron chi connectivity index (χ3n) is 4.41. The van der Waals surface area contributed by atoms with E-state index in [4.69, 9.17) is 4.74 Å². The Kier molecular flexibility index (Phi) is 5.87. The number of hydrogen-bond donors (Lipinski definition) is 1. The van der Waals surface area contributed by atoms with Gasteiger partial charge in [-0.1, -0.05) is 24.3 Å². The zero-order valence-electron chi connectivity index (χ0n) is 15.1. The van der Waals surface area contributed by atoms with Crippen molar-refractivity contribution in [3.63, 3.8) is 0 Å². The summed E-state index contributed by atoms with van der Waals surface area (Å²) < 4.78 is 5.41. The fraction of sp³-hybridized carbons (Fsp3) is 0.316. The van der Waals surface area contributed by atoms with E-state index in [0.29, 0.717) is 25.4 Å². The van der Waals surface area contributed by atoms with E-state index in [9.17, 15) is 14.9 Å². The number of amides is 2. The number of nitrogens with zero attached hydrogens (tertiary/aromatic N) is 3. The maximum absolute atomic E-state index is 12.5. The molecule has 1 fully saturated rings. The monoisotopic (exact) mass is 370 g/mol. The first-order chi connectivity index (χ1) is 13.0. The second-order valence-corrected chi connectivity index (χ2v) is 6.32. The summed E-state index contributed by atoms with van der Waals surface area (Å²) in [5.41, 5.74) is 2.46. The molecule has 0 aromatic heterocycles. The molecule has 0 bridgehead atoms. The fourth-order valence-corrected chi connectivity index (χ4v) is 3.00. The molecule has 8 nitrogen and oxygen atoms in total. The minimum atomic E-state index is -0.488. The quantitative estimate of drug-likeness (QED) is 0.645. The number of non-ortho nitro benzene ring substituents is 1. The Morgan fingerprint density at radius 1 is 1.22 bits per heavy atom. The third-order valence-corrected chi connectivity index (χ3v) is 4.41. The molecule has 1 aliphatic heterocycles. The molecule has 0 unspecified atom stereocenters. The third kappa shape index (κ3) is 4.73. The minimum Gasteiger partial charge on any atom is -0.378 e. The van der Waals surface area contributed by atoms with Gasteiger partial charge in [0.25, 0.3) is 5.69 Å². The first-order valence-corrected chi connectivity index (χ1v) is 8.72. The van der Waals surface area contributed by atoms with Crippen molar-refractivity contribution in [2.24, 2.45) is 0 Å². The number of carbonyl (C=O) groups excluding carboxylic acids is 1. The van der Waals surface area contributed by atoms with Gasteiger partial charge in [-0.3, -0.25) is 10.1 Å². The Labute approximate surface area is 157 Å². The number of urea groups is 1. The molecule has 0 saturated carbocycles. The standard InChI is InChI=1S/C19H22N4O4/c1-21(19(24)20-16-6-4-7-17(13-16)23(25)26)14-15-5-2-3-8-18(15)22-9-11-27-12-10-22/h2-8,13H,9-12,14H2,1H3,(H,20,24). The normalized spacial score (nSPS) is 13.9. The van der Waals surface area contributed by atoms with Crippen LogP contribution in [0.4, 0.5) is 21.9 Å². The lowest BCUT2D eigenvalue weighted by molar-refractivity contribution is -0.384. The van der Waals surface area contributed by atoms with Crippen molar-refractivity contribution in [1.29, 1.82) is 0 Å². The molecule has 0 atom stereocenters. The second kappa shape index (κ2) is 8.50. The van der Waals surface area contributed by atoms with Crippen molar-refractivity contribution >= 4 is 23.1 Å². The van der Waals surface area contributed by atoms with Crippen LogP contribution in [0.25, 0.3) is 0 Å². The maximum atomic E-state index is 12.5. The van der Waals surface area contributed by atoms with E-state index in [1.165, 1.54) is 12.1 Å². The molecule has 2 aromatic carbocycles. The number of ether oxygens (including phenoxy) is 1. The molecule has 2 aromatic rings. The Morgan fingerprint density at radius 3 is 2.70 bits per heavy atom. The maximum Gasteiger partial charge on any atom is 0.321 e. The summed E-state index contributed by atoms with van der Waals surface area (Å²) in [6, 6.07) is 13.6. The second-order valence-electron chi connectivity index (χ2n) is 6.32. The summed E-state index contributed by atoms with van der Waals surface area (Å²) in [5, 5.41) is 13.6. The van der Waals surface area contributed by atoms with Gasteiger partial charge in [-0.2, -0.15) is 0 Å². The SMILES string of the molecule is CN(Cc1ccccc1N1CCOCC1)C(=O)Nc1cccc([N+](=O)[O-])c1. The number of nitro benzene ring substituents is 1. The van der Waals surface area contributed by atoms with E-state index in [-0.39, 0.29) is 11.7 Å². The van der Waals surface area contributed by atoms with Gasteiger partial charge in [-0.25, -0.2) is 4.79 Å². The summed E-state index contributed by atoms with van der Waals surface area (Å²) in [6.45, 7) is 3.45. The van der Waals surface area contributed by atoms with Crippen LogP contribution < -0.4 is 10.2 Å². The van der Waals surface area contributed by atoms with Crippen LogP contribution >= 0.6 is 0 Å². The van der Waals surface area contributed by atoms with Crippen molar-refractivity contribution in [1.82, 2.24) is 4.90 Å². The highest BCUT2D eigenvalue weighted by molar-refractivity contribution is 5.89. The molecule has 0 spiro atoms. The number of rotatable bonds is 5. The number of anilines is 2. The molecule has 142 valence electrons. The van der Waals surface area contributed by atoms with Gasteiger partial charge in [0.1, 0.15) is 0 Å². The van der Waals surface area contributed by atoms with E-state index in [1.807, 2.05) is 24.3 Å². The Bertz CT molecular complexity index is 821. The summed E-state index contributed by atoms with van der Waals surface area (Å²) in [5.74, 6) is 0. The molecule has 1 aliphatic rings. The van der Waals surface area contributed by atoms with Gasteiger partial charge < -0.3 is 19.9 Å². The van der Waals surface area contributed by atoms with E-state index < -0.39 is 4.92 Å². The van der Waals surface area contributed by atoms with Crippen molar-refractivity contribution in [3.8, 4) is 0 Å². The lowest BCUT2D eigenvalue weighted by atomic mass is 10.1. The molecular formula is C19H22N4O4. The van der Waals surface area contributed by atoms with E-state index in [1.54, 1.807) is 24.1 Å². The average Bonchev–Trinajstić information content (AvgIpc) is 2.69. The highest BCUT2D eigenvalue weighted by atomic mass is 16.6. The summed E-state index contributed by atoms with van der Waals surface area (Å²) >= 11 is 0. The van der Waals surface area contributed by atoms with Crippen molar-refractivity contribution in [2.45, 2.75) is 6.54 Å². The van der Waals surface area contributed by atoms with Gasteiger partial charge in [-0.05, 0) is 17.7 Å². The molecule has 1 saturated heterocycles. The molecule has 1 N–H and O–H groups in total. The van der Waals surface area contributed by atoms with Crippen LogP contribution in [-0.2, 0) is 11.3 Å². The van der Waals surface area contributed by atoms with E-state index in [2.05, 4.69) is 10.2 Å².